The van der Waals surface area contributed by atoms with Gasteiger partial charge in [-0.25, -0.2) is 9.59 Å². The number of hydrogen-bond donors (Lipinski definition) is 4. The van der Waals surface area contributed by atoms with Crippen LogP contribution in [-0.2, 0) is 19.3 Å². The van der Waals surface area contributed by atoms with E-state index in [4.69, 9.17) is 0 Å². The van der Waals surface area contributed by atoms with Crippen molar-refractivity contribution in [1.29, 1.82) is 0 Å². The van der Waals surface area contributed by atoms with Gasteiger partial charge in [-0.2, -0.15) is 0 Å². The minimum Gasteiger partial charge on any atom is -0.308 e. The number of benzene rings is 4. The molecule has 4 aromatic carbocycles. The zero-order valence-corrected chi connectivity index (χ0v) is 21.2. The van der Waals surface area contributed by atoms with E-state index in [1.165, 1.54) is 0 Å². The van der Waals surface area contributed by atoms with Crippen molar-refractivity contribution >= 4 is 34.8 Å². The van der Waals surface area contributed by atoms with Gasteiger partial charge in [-0.05, 0) is 77.9 Å². The van der Waals surface area contributed by atoms with Gasteiger partial charge in [0, 0.05) is 22.7 Å². The molecule has 0 aliphatic carbocycles. The van der Waals surface area contributed by atoms with Crippen molar-refractivity contribution in [2.75, 3.05) is 21.3 Å². The Balaban J connectivity index is 1.28. The number of anilines is 4. The minimum absolute atomic E-state index is 0.265. The monoisotopic (exact) mass is 492 g/mol. The van der Waals surface area contributed by atoms with Crippen LogP contribution < -0.4 is 21.3 Å². The van der Waals surface area contributed by atoms with Crippen molar-refractivity contribution < 1.29 is 9.59 Å². The van der Waals surface area contributed by atoms with Crippen LogP contribution in [0.1, 0.15) is 36.1 Å². The summed E-state index contributed by atoms with van der Waals surface area (Å²) in [6.07, 6.45) is 2.44. The summed E-state index contributed by atoms with van der Waals surface area (Å²) in [7, 11) is 0. The van der Waals surface area contributed by atoms with Crippen LogP contribution in [0.4, 0.5) is 32.3 Å². The summed E-state index contributed by atoms with van der Waals surface area (Å²) >= 11 is 0. The average Bonchev–Trinajstić information content (AvgIpc) is 2.91. The summed E-state index contributed by atoms with van der Waals surface area (Å²) in [5.74, 6) is 0. The second-order valence-corrected chi connectivity index (χ2v) is 8.75. The largest absolute Gasteiger partial charge is 0.323 e. The van der Waals surface area contributed by atoms with E-state index < -0.39 is 0 Å². The maximum absolute atomic E-state index is 12.4. The number of amides is 4. The molecule has 37 heavy (non-hydrogen) atoms. The van der Waals surface area contributed by atoms with Gasteiger partial charge in [-0.15, -0.1) is 0 Å². The van der Waals surface area contributed by atoms with Gasteiger partial charge in [0.15, 0.2) is 0 Å². The standard InChI is InChI=1S/C31H32N4O2/c1-3-24-9-5-7-11-28(24)34-30(36)32-26-17-13-22(14-18-26)21-23-15-19-27(20-16-23)33-31(37)35-29-12-8-6-10-25(29)4-2/h5-20H,3-4,21H2,1-2H3,(H2,32,34,36)(H2,33,35,37). The summed E-state index contributed by atoms with van der Waals surface area (Å²) in [5, 5.41) is 11.6. The molecule has 4 rings (SSSR count). The Hall–Kier alpha value is -4.58. The molecule has 0 unspecified atom stereocenters. The van der Waals surface area contributed by atoms with Gasteiger partial charge < -0.3 is 21.3 Å². The predicted molar refractivity (Wildman–Crippen MR) is 153 cm³/mol. The number of nitrogens with one attached hydrogen (secondary N) is 4. The molecule has 0 bridgehead atoms. The molecule has 4 amide bonds. The molecule has 6 heteroatoms. The number of aryl methyl sites for hydroxylation is 2. The highest BCUT2D eigenvalue weighted by atomic mass is 16.2. The van der Waals surface area contributed by atoms with Crippen LogP contribution in [0.3, 0.4) is 0 Å². The fourth-order valence-corrected chi connectivity index (χ4v) is 4.12. The lowest BCUT2D eigenvalue weighted by Crippen LogP contribution is -2.20. The summed E-state index contributed by atoms with van der Waals surface area (Å²) in [4.78, 5) is 24.8. The molecule has 0 aliphatic heterocycles. The van der Waals surface area contributed by atoms with Crippen molar-refractivity contribution in [1.82, 2.24) is 0 Å². The van der Waals surface area contributed by atoms with Gasteiger partial charge in [0.2, 0.25) is 0 Å². The molecular weight excluding hydrogens is 460 g/mol. The van der Waals surface area contributed by atoms with Crippen LogP contribution >= 0.6 is 0 Å². The lowest BCUT2D eigenvalue weighted by atomic mass is 10.0. The first kappa shape index (κ1) is 25.5. The van der Waals surface area contributed by atoms with Gasteiger partial charge in [0.05, 0.1) is 0 Å². The molecule has 4 aromatic rings. The van der Waals surface area contributed by atoms with Crippen molar-refractivity contribution in [3.05, 3.63) is 119 Å². The molecule has 0 heterocycles. The predicted octanol–water partition coefficient (Wildman–Crippen LogP) is 7.69. The average molecular weight is 493 g/mol. The van der Waals surface area contributed by atoms with Crippen LogP contribution in [0.2, 0.25) is 0 Å². The first-order valence-corrected chi connectivity index (χ1v) is 12.5. The van der Waals surface area contributed by atoms with E-state index in [9.17, 15) is 9.59 Å². The van der Waals surface area contributed by atoms with Gasteiger partial charge in [-0.3, -0.25) is 0 Å². The first-order chi connectivity index (χ1) is 18.0. The Bertz CT molecular complexity index is 1240. The summed E-state index contributed by atoms with van der Waals surface area (Å²) < 4.78 is 0. The maximum atomic E-state index is 12.4. The van der Waals surface area contributed by atoms with Crippen LogP contribution in [0, 0.1) is 0 Å². The Kier molecular flexibility index (Phi) is 8.55. The molecule has 0 atom stereocenters. The molecule has 0 radical (unpaired) electrons. The fourth-order valence-electron chi connectivity index (χ4n) is 4.12. The molecule has 0 saturated heterocycles. The van der Waals surface area contributed by atoms with E-state index in [-0.39, 0.29) is 12.1 Å². The lowest BCUT2D eigenvalue weighted by Gasteiger charge is -2.12. The van der Waals surface area contributed by atoms with E-state index in [0.717, 1.165) is 64.3 Å². The van der Waals surface area contributed by atoms with E-state index in [2.05, 4.69) is 35.1 Å². The van der Waals surface area contributed by atoms with Gasteiger partial charge in [-0.1, -0.05) is 74.5 Å². The number of hydrogen-bond acceptors (Lipinski definition) is 2. The molecule has 0 saturated carbocycles. The highest BCUT2D eigenvalue weighted by molar-refractivity contribution is 6.00. The van der Waals surface area contributed by atoms with Crippen LogP contribution in [0.25, 0.3) is 0 Å². The summed E-state index contributed by atoms with van der Waals surface area (Å²) in [6.45, 7) is 4.12. The molecule has 0 fully saturated rings. The third kappa shape index (κ3) is 7.21. The minimum atomic E-state index is -0.265. The third-order valence-corrected chi connectivity index (χ3v) is 6.12. The molecular formula is C31H32N4O2. The molecule has 188 valence electrons. The van der Waals surface area contributed by atoms with Crippen molar-refractivity contribution in [2.45, 2.75) is 33.1 Å². The third-order valence-electron chi connectivity index (χ3n) is 6.12. The zero-order chi connectivity index (χ0) is 26.0. The first-order valence-electron chi connectivity index (χ1n) is 12.5. The van der Waals surface area contributed by atoms with E-state index in [1.807, 2.05) is 97.1 Å². The highest BCUT2D eigenvalue weighted by Crippen LogP contribution is 2.19. The maximum Gasteiger partial charge on any atom is 0.323 e. The second-order valence-electron chi connectivity index (χ2n) is 8.75. The van der Waals surface area contributed by atoms with E-state index >= 15 is 0 Å². The Labute approximate surface area is 218 Å². The number of rotatable bonds is 8. The Morgan fingerprint density at radius 1 is 0.514 bits per heavy atom. The molecule has 0 aromatic heterocycles. The Morgan fingerprint density at radius 3 is 1.27 bits per heavy atom. The van der Waals surface area contributed by atoms with Gasteiger partial charge >= 0.3 is 12.1 Å². The SMILES string of the molecule is CCc1ccccc1NC(=O)Nc1ccc(Cc2ccc(NC(=O)Nc3ccccc3CC)cc2)cc1. The molecule has 4 N–H and O–H groups in total. The smallest absolute Gasteiger partial charge is 0.308 e. The van der Waals surface area contributed by atoms with Crippen LogP contribution in [0.15, 0.2) is 97.1 Å². The number of carbonyl (C=O) groups excluding carboxylic acids is 2. The lowest BCUT2D eigenvalue weighted by molar-refractivity contribution is 0.261. The molecule has 0 spiro atoms. The fraction of sp³-hybridized carbons (Fsp3) is 0.161. The van der Waals surface area contributed by atoms with E-state index in [1.54, 1.807) is 0 Å². The van der Waals surface area contributed by atoms with Crippen molar-refractivity contribution in [3.8, 4) is 0 Å². The van der Waals surface area contributed by atoms with Gasteiger partial charge in [0.1, 0.15) is 0 Å². The Morgan fingerprint density at radius 2 is 0.892 bits per heavy atom. The van der Waals surface area contributed by atoms with Crippen molar-refractivity contribution in [2.24, 2.45) is 0 Å². The summed E-state index contributed by atoms with van der Waals surface area (Å²) in [6, 6.07) is 30.6. The van der Waals surface area contributed by atoms with Crippen molar-refractivity contribution in [3.63, 3.8) is 0 Å². The molecule has 6 nitrogen and oxygen atoms in total. The normalized spacial score (nSPS) is 10.4. The number of urea groups is 2. The van der Waals surface area contributed by atoms with E-state index in [0.29, 0.717) is 0 Å². The molecule has 0 aliphatic rings. The second kappa shape index (κ2) is 12.4. The quantitative estimate of drug-likeness (QED) is 0.203. The highest BCUT2D eigenvalue weighted by Gasteiger charge is 2.08. The van der Waals surface area contributed by atoms with Crippen LogP contribution in [0.5, 0.6) is 0 Å². The topological polar surface area (TPSA) is 82.3 Å². The summed E-state index contributed by atoms with van der Waals surface area (Å²) in [5.41, 5.74) is 7.53. The number of para-hydroxylation sites is 2. The number of carbonyl (C=O) groups is 2. The van der Waals surface area contributed by atoms with Gasteiger partial charge in [0.25, 0.3) is 0 Å². The van der Waals surface area contributed by atoms with Crippen LogP contribution in [-0.4, -0.2) is 12.1 Å². The zero-order valence-electron chi connectivity index (χ0n) is 21.2.